The van der Waals surface area contributed by atoms with E-state index in [0.717, 1.165) is 37.0 Å². The molecule has 1 aliphatic carbocycles. The third kappa shape index (κ3) is 3.47. The third-order valence-corrected chi connectivity index (χ3v) is 6.34. The van der Waals surface area contributed by atoms with Crippen molar-refractivity contribution in [3.63, 3.8) is 0 Å². The minimum absolute atomic E-state index is 0.181. The van der Waals surface area contributed by atoms with E-state index in [9.17, 15) is 5.26 Å². The van der Waals surface area contributed by atoms with E-state index < -0.39 is 0 Å². The summed E-state index contributed by atoms with van der Waals surface area (Å²) in [5.41, 5.74) is 9.47. The molecule has 0 amide bonds. The maximum absolute atomic E-state index is 9.63. The molecule has 1 aromatic rings. The molecular formula is C23H33N3. The van der Waals surface area contributed by atoms with Gasteiger partial charge >= 0.3 is 0 Å². The van der Waals surface area contributed by atoms with Crippen molar-refractivity contribution in [2.24, 2.45) is 11.7 Å². The average Bonchev–Trinajstić information content (AvgIpc) is 2.65. The maximum atomic E-state index is 9.63. The van der Waals surface area contributed by atoms with E-state index in [-0.39, 0.29) is 5.54 Å². The number of piperidine rings is 1. The molecule has 26 heavy (non-hydrogen) atoms. The number of anilines is 1. The van der Waals surface area contributed by atoms with E-state index >= 15 is 0 Å². The molecule has 0 radical (unpaired) electrons. The summed E-state index contributed by atoms with van der Waals surface area (Å²) in [5, 5.41) is 9.63. The van der Waals surface area contributed by atoms with E-state index in [2.05, 4.69) is 55.1 Å². The number of hydrogen-bond acceptors (Lipinski definition) is 3. The predicted octanol–water partition coefficient (Wildman–Crippen LogP) is 5.53. The Morgan fingerprint density at radius 2 is 2.04 bits per heavy atom. The molecule has 3 nitrogen and oxygen atoms in total. The number of unbranched alkanes of at least 4 members (excludes halogenated alkanes) is 2. The number of nitriles is 1. The lowest BCUT2D eigenvalue weighted by molar-refractivity contribution is 0.207. The number of hydrogen-bond donors (Lipinski definition) is 1. The van der Waals surface area contributed by atoms with Crippen LogP contribution in [0.4, 0.5) is 5.69 Å². The highest BCUT2D eigenvalue weighted by molar-refractivity contribution is 5.56. The van der Waals surface area contributed by atoms with E-state index in [1.807, 2.05) is 0 Å². The van der Waals surface area contributed by atoms with Gasteiger partial charge in [0.1, 0.15) is 0 Å². The highest BCUT2D eigenvalue weighted by Gasteiger charge is 2.49. The summed E-state index contributed by atoms with van der Waals surface area (Å²) in [5.74, 6) is 0.637. The number of nitrogens with two attached hydrogens (primary N) is 1. The van der Waals surface area contributed by atoms with Crippen molar-refractivity contribution in [1.29, 1.82) is 5.26 Å². The van der Waals surface area contributed by atoms with Gasteiger partial charge < -0.3 is 10.6 Å². The molecule has 140 valence electrons. The zero-order valence-electron chi connectivity index (χ0n) is 16.4. The van der Waals surface area contributed by atoms with Crippen molar-refractivity contribution in [2.45, 2.75) is 83.2 Å². The van der Waals surface area contributed by atoms with Crippen LogP contribution in [0.15, 0.2) is 41.6 Å². The van der Waals surface area contributed by atoms with Crippen LogP contribution in [0.25, 0.3) is 0 Å². The predicted molar refractivity (Wildman–Crippen MR) is 109 cm³/mol. The second-order valence-electron chi connectivity index (χ2n) is 8.29. The standard InChI is InChI=1S/C23H33N3/c1-3-4-6-13-21-15-18(2)16-23(14-9-10-19(17-24)22(23)25)26(21)20-11-7-5-8-12-20/h5,7-8,11-12,18,21H,3-4,6,9-10,13-16,25H2,1-2H3/t18-,21+,23-/m0/s1. The molecule has 3 heteroatoms. The van der Waals surface area contributed by atoms with Crippen LogP contribution in [0.2, 0.25) is 0 Å². The minimum atomic E-state index is -0.181. The largest absolute Gasteiger partial charge is 0.399 e. The van der Waals surface area contributed by atoms with Crippen molar-refractivity contribution >= 4 is 5.69 Å². The van der Waals surface area contributed by atoms with Crippen LogP contribution in [0, 0.1) is 17.2 Å². The molecule has 1 aromatic carbocycles. The van der Waals surface area contributed by atoms with Crippen LogP contribution in [0.3, 0.4) is 0 Å². The van der Waals surface area contributed by atoms with Gasteiger partial charge in [0.2, 0.25) is 0 Å². The first-order valence-electron chi connectivity index (χ1n) is 10.4. The number of nitrogens with zero attached hydrogens (tertiary/aromatic N) is 2. The van der Waals surface area contributed by atoms with E-state index in [4.69, 9.17) is 5.73 Å². The quantitative estimate of drug-likeness (QED) is 0.710. The molecule has 0 aromatic heterocycles. The summed E-state index contributed by atoms with van der Waals surface area (Å²) in [6, 6.07) is 13.7. The Hall–Kier alpha value is -1.95. The van der Waals surface area contributed by atoms with Gasteiger partial charge in [-0.1, -0.05) is 51.3 Å². The van der Waals surface area contributed by atoms with Gasteiger partial charge in [0.15, 0.2) is 0 Å². The molecule has 2 N–H and O–H groups in total. The van der Waals surface area contributed by atoms with Gasteiger partial charge in [-0.2, -0.15) is 5.26 Å². The number of allylic oxidation sites excluding steroid dienone is 1. The van der Waals surface area contributed by atoms with Crippen LogP contribution in [0.5, 0.6) is 0 Å². The van der Waals surface area contributed by atoms with E-state index in [1.165, 1.54) is 37.8 Å². The van der Waals surface area contributed by atoms with Crippen molar-refractivity contribution in [2.75, 3.05) is 4.90 Å². The fourth-order valence-electron chi connectivity index (χ4n) is 5.29. The molecule has 1 spiro atoms. The Morgan fingerprint density at radius 3 is 2.73 bits per heavy atom. The van der Waals surface area contributed by atoms with Gasteiger partial charge in [0.25, 0.3) is 0 Å². The number of benzene rings is 1. The van der Waals surface area contributed by atoms with Crippen molar-refractivity contribution < 1.29 is 0 Å². The fourth-order valence-corrected chi connectivity index (χ4v) is 5.29. The zero-order valence-corrected chi connectivity index (χ0v) is 16.4. The van der Waals surface area contributed by atoms with Crippen molar-refractivity contribution in [3.05, 3.63) is 41.6 Å². The maximum Gasteiger partial charge on any atom is 0.0966 e. The third-order valence-electron chi connectivity index (χ3n) is 6.34. The van der Waals surface area contributed by atoms with E-state index in [1.54, 1.807) is 0 Å². The topological polar surface area (TPSA) is 53.1 Å². The highest BCUT2D eigenvalue weighted by atomic mass is 15.3. The summed E-state index contributed by atoms with van der Waals surface area (Å²) < 4.78 is 0. The summed E-state index contributed by atoms with van der Waals surface area (Å²) in [4.78, 5) is 2.62. The first-order valence-corrected chi connectivity index (χ1v) is 10.4. The first kappa shape index (κ1) is 18.8. The van der Waals surface area contributed by atoms with Crippen molar-refractivity contribution in [1.82, 2.24) is 0 Å². The molecule has 1 fully saturated rings. The van der Waals surface area contributed by atoms with Crippen LogP contribution in [0.1, 0.15) is 71.6 Å². The van der Waals surface area contributed by atoms with Gasteiger partial charge in [0.05, 0.1) is 17.2 Å². The van der Waals surface area contributed by atoms with Crippen LogP contribution >= 0.6 is 0 Å². The molecule has 0 bridgehead atoms. The molecule has 0 saturated carbocycles. The summed E-state index contributed by atoms with van der Waals surface area (Å²) in [6.45, 7) is 4.63. The number of rotatable bonds is 5. The Kier molecular flexibility index (Phi) is 5.91. The average molecular weight is 352 g/mol. The smallest absolute Gasteiger partial charge is 0.0966 e. The molecule has 1 aliphatic heterocycles. The monoisotopic (exact) mass is 351 g/mol. The lowest BCUT2D eigenvalue weighted by Gasteiger charge is -2.56. The molecule has 3 rings (SSSR count). The van der Waals surface area contributed by atoms with Crippen molar-refractivity contribution in [3.8, 4) is 6.07 Å². The van der Waals surface area contributed by atoms with Crippen LogP contribution < -0.4 is 10.6 Å². The molecule has 3 atom stereocenters. The Morgan fingerprint density at radius 1 is 1.27 bits per heavy atom. The first-order chi connectivity index (χ1) is 12.6. The summed E-state index contributed by atoms with van der Waals surface area (Å²) >= 11 is 0. The second-order valence-corrected chi connectivity index (χ2v) is 8.29. The van der Waals surface area contributed by atoms with Gasteiger partial charge in [-0.25, -0.2) is 0 Å². The molecule has 0 unspecified atom stereocenters. The Balaban J connectivity index is 2.06. The summed E-state index contributed by atoms with van der Waals surface area (Å²) in [7, 11) is 0. The van der Waals surface area contributed by atoms with Gasteiger partial charge in [0, 0.05) is 17.4 Å². The zero-order chi connectivity index (χ0) is 18.6. The SMILES string of the molecule is CCCCC[C@@H]1C[C@H](C)C[C@]2(CCCC(C#N)=C2N)N1c1ccccc1. The Bertz CT molecular complexity index is 672. The lowest BCUT2D eigenvalue weighted by Crippen LogP contribution is -2.62. The fraction of sp³-hybridized carbons (Fsp3) is 0.609. The highest BCUT2D eigenvalue weighted by Crippen LogP contribution is 2.48. The van der Waals surface area contributed by atoms with Gasteiger partial charge in [-0.3, -0.25) is 0 Å². The van der Waals surface area contributed by atoms with Gasteiger partial charge in [-0.15, -0.1) is 0 Å². The van der Waals surface area contributed by atoms with E-state index in [0.29, 0.717) is 12.0 Å². The molecule has 2 aliphatic rings. The molecule has 1 heterocycles. The summed E-state index contributed by atoms with van der Waals surface area (Å²) in [6.07, 6.45) is 10.2. The normalized spacial score (nSPS) is 29.0. The van der Waals surface area contributed by atoms with Gasteiger partial charge in [-0.05, 0) is 56.6 Å². The number of para-hydroxylation sites is 1. The Labute approximate surface area is 158 Å². The second kappa shape index (κ2) is 8.16. The van der Waals surface area contributed by atoms with Crippen LogP contribution in [-0.4, -0.2) is 11.6 Å². The minimum Gasteiger partial charge on any atom is -0.399 e. The molecule has 1 saturated heterocycles. The van der Waals surface area contributed by atoms with Crippen LogP contribution in [-0.2, 0) is 0 Å². The molecular weight excluding hydrogens is 318 g/mol. The lowest BCUT2D eigenvalue weighted by atomic mass is 9.68.